The van der Waals surface area contributed by atoms with Crippen molar-refractivity contribution in [3.05, 3.63) is 89.9 Å². The summed E-state index contributed by atoms with van der Waals surface area (Å²) in [7, 11) is 0. The SMILES string of the molecule is CC(F)n1c(C2CCN(C(=O)c3cc4[nH]cc(-c5cccc(F)c5)c4cc3F)CC2)nc2ccccc21. The van der Waals surface area contributed by atoms with E-state index in [2.05, 4.69) is 4.98 Å². The van der Waals surface area contributed by atoms with Gasteiger partial charge in [-0.1, -0.05) is 24.3 Å². The number of imidazole rings is 1. The van der Waals surface area contributed by atoms with Crippen molar-refractivity contribution in [3.8, 4) is 11.1 Å². The van der Waals surface area contributed by atoms with Crippen LogP contribution in [0.2, 0.25) is 0 Å². The van der Waals surface area contributed by atoms with Crippen molar-refractivity contribution in [3.63, 3.8) is 0 Å². The van der Waals surface area contributed by atoms with Crippen molar-refractivity contribution in [1.29, 1.82) is 0 Å². The largest absolute Gasteiger partial charge is 0.361 e. The number of nitrogens with zero attached hydrogens (tertiary/aromatic N) is 3. The lowest BCUT2D eigenvalue weighted by atomic mass is 9.95. The smallest absolute Gasteiger partial charge is 0.256 e. The average molecular weight is 503 g/mol. The van der Waals surface area contributed by atoms with E-state index in [1.165, 1.54) is 31.2 Å². The molecular weight excluding hydrogens is 477 g/mol. The summed E-state index contributed by atoms with van der Waals surface area (Å²) < 4.78 is 45.1. The molecule has 1 aliphatic rings. The highest BCUT2D eigenvalue weighted by Gasteiger charge is 2.30. The van der Waals surface area contributed by atoms with Gasteiger partial charge in [-0.15, -0.1) is 0 Å². The summed E-state index contributed by atoms with van der Waals surface area (Å²) in [6, 6.07) is 16.4. The number of fused-ring (bicyclic) bond motifs is 2. The van der Waals surface area contributed by atoms with E-state index in [0.717, 1.165) is 11.0 Å². The van der Waals surface area contributed by atoms with Crippen LogP contribution >= 0.6 is 0 Å². The number of alkyl halides is 1. The van der Waals surface area contributed by atoms with Gasteiger partial charge in [-0.25, -0.2) is 18.2 Å². The molecule has 1 N–H and O–H groups in total. The van der Waals surface area contributed by atoms with Gasteiger partial charge >= 0.3 is 0 Å². The van der Waals surface area contributed by atoms with E-state index in [1.807, 2.05) is 24.3 Å². The zero-order chi connectivity index (χ0) is 25.7. The van der Waals surface area contributed by atoms with Crippen LogP contribution in [0.1, 0.15) is 48.2 Å². The molecule has 1 saturated heterocycles. The number of para-hydroxylation sites is 2. The van der Waals surface area contributed by atoms with E-state index in [1.54, 1.807) is 27.8 Å². The fraction of sp³-hybridized carbons (Fsp3) is 0.241. The molecule has 1 fully saturated rings. The first-order chi connectivity index (χ1) is 17.9. The maximum absolute atomic E-state index is 15.2. The minimum Gasteiger partial charge on any atom is -0.361 e. The highest BCUT2D eigenvalue weighted by atomic mass is 19.1. The molecule has 0 radical (unpaired) electrons. The van der Waals surface area contributed by atoms with Gasteiger partial charge in [0.05, 0.1) is 16.6 Å². The molecule has 6 rings (SSSR count). The first-order valence-corrected chi connectivity index (χ1v) is 12.4. The molecule has 1 unspecified atom stereocenters. The fourth-order valence-electron chi connectivity index (χ4n) is 5.44. The number of carbonyl (C=O) groups excluding carboxylic acids is 1. The summed E-state index contributed by atoms with van der Waals surface area (Å²) in [6.07, 6.45) is 1.69. The van der Waals surface area contributed by atoms with Crippen molar-refractivity contribution in [2.24, 2.45) is 0 Å². The summed E-state index contributed by atoms with van der Waals surface area (Å²) in [4.78, 5) is 22.7. The summed E-state index contributed by atoms with van der Waals surface area (Å²) in [5.41, 5.74) is 3.38. The minimum absolute atomic E-state index is 0.000731. The van der Waals surface area contributed by atoms with Crippen molar-refractivity contribution in [2.75, 3.05) is 13.1 Å². The van der Waals surface area contributed by atoms with Crippen molar-refractivity contribution in [1.82, 2.24) is 19.4 Å². The number of likely N-dealkylation sites (tertiary alicyclic amines) is 1. The predicted molar refractivity (Wildman–Crippen MR) is 137 cm³/mol. The number of hydrogen-bond acceptors (Lipinski definition) is 2. The quantitative estimate of drug-likeness (QED) is 0.289. The molecule has 188 valence electrons. The molecule has 1 amide bonds. The van der Waals surface area contributed by atoms with E-state index >= 15 is 4.39 Å². The van der Waals surface area contributed by atoms with Gasteiger partial charge < -0.3 is 9.88 Å². The Balaban J connectivity index is 1.23. The van der Waals surface area contributed by atoms with E-state index < -0.39 is 12.1 Å². The first kappa shape index (κ1) is 23.3. The summed E-state index contributed by atoms with van der Waals surface area (Å²) in [5.74, 6) is -0.692. The van der Waals surface area contributed by atoms with Gasteiger partial charge in [0.25, 0.3) is 5.91 Å². The van der Waals surface area contributed by atoms with Gasteiger partial charge in [-0.05, 0) is 61.7 Å². The molecule has 2 aromatic heterocycles. The number of rotatable bonds is 4. The number of amides is 1. The first-order valence-electron chi connectivity index (χ1n) is 12.4. The highest BCUT2D eigenvalue weighted by Crippen LogP contribution is 2.34. The van der Waals surface area contributed by atoms with Crippen LogP contribution in [0.5, 0.6) is 0 Å². The number of benzene rings is 3. The molecule has 37 heavy (non-hydrogen) atoms. The van der Waals surface area contributed by atoms with Gasteiger partial charge in [0.2, 0.25) is 0 Å². The molecule has 3 aromatic carbocycles. The maximum atomic E-state index is 15.2. The monoisotopic (exact) mass is 502 g/mol. The Bertz CT molecular complexity index is 1630. The molecule has 3 heterocycles. The molecular formula is C29H25F3N4O. The summed E-state index contributed by atoms with van der Waals surface area (Å²) >= 11 is 0. The number of nitrogens with one attached hydrogen (secondary N) is 1. The Labute approximate surface area is 211 Å². The molecule has 0 bridgehead atoms. The fourth-order valence-corrected chi connectivity index (χ4v) is 5.44. The van der Waals surface area contributed by atoms with Crippen LogP contribution in [0.3, 0.4) is 0 Å². The zero-order valence-corrected chi connectivity index (χ0v) is 20.2. The van der Waals surface area contributed by atoms with Gasteiger partial charge in [-0.2, -0.15) is 0 Å². The lowest BCUT2D eigenvalue weighted by Crippen LogP contribution is -2.38. The van der Waals surface area contributed by atoms with Crippen LogP contribution in [0.4, 0.5) is 13.2 Å². The highest BCUT2D eigenvalue weighted by molar-refractivity contribution is 6.02. The van der Waals surface area contributed by atoms with Crippen LogP contribution in [0, 0.1) is 11.6 Å². The Morgan fingerprint density at radius 2 is 1.84 bits per heavy atom. The number of aromatic nitrogens is 3. The molecule has 1 atom stereocenters. The van der Waals surface area contributed by atoms with Gasteiger partial charge in [0.1, 0.15) is 17.5 Å². The van der Waals surface area contributed by atoms with E-state index in [0.29, 0.717) is 53.8 Å². The molecule has 8 heteroatoms. The van der Waals surface area contributed by atoms with Crippen molar-refractivity contribution >= 4 is 27.8 Å². The second-order valence-corrected chi connectivity index (χ2v) is 9.56. The molecule has 1 aliphatic heterocycles. The second-order valence-electron chi connectivity index (χ2n) is 9.56. The molecule has 0 spiro atoms. The number of halogens is 3. The third-order valence-electron chi connectivity index (χ3n) is 7.26. The van der Waals surface area contributed by atoms with Crippen LogP contribution in [0.15, 0.2) is 66.9 Å². The Morgan fingerprint density at radius 1 is 1.05 bits per heavy atom. The predicted octanol–water partition coefficient (Wildman–Crippen LogP) is 6.97. The van der Waals surface area contributed by atoms with Crippen LogP contribution in [-0.2, 0) is 0 Å². The van der Waals surface area contributed by atoms with Crippen LogP contribution < -0.4 is 0 Å². The van der Waals surface area contributed by atoms with Gasteiger partial charge in [-0.3, -0.25) is 9.36 Å². The van der Waals surface area contributed by atoms with Gasteiger partial charge in [0, 0.05) is 41.7 Å². The topological polar surface area (TPSA) is 53.9 Å². The Kier molecular flexibility index (Phi) is 5.74. The summed E-state index contributed by atoms with van der Waals surface area (Å²) in [5, 5.41) is 0.581. The molecule has 0 aliphatic carbocycles. The lowest BCUT2D eigenvalue weighted by molar-refractivity contribution is 0.0704. The zero-order valence-electron chi connectivity index (χ0n) is 20.2. The third kappa shape index (κ3) is 4.06. The molecule has 5 aromatic rings. The normalized spacial score (nSPS) is 15.5. The van der Waals surface area contributed by atoms with Crippen LogP contribution in [-0.4, -0.2) is 38.4 Å². The number of H-pyrrole nitrogens is 1. The Morgan fingerprint density at radius 3 is 2.59 bits per heavy atom. The number of piperidine rings is 1. The number of carbonyl (C=O) groups is 1. The third-order valence-corrected chi connectivity index (χ3v) is 7.26. The molecule has 0 saturated carbocycles. The van der Waals surface area contributed by atoms with Gasteiger partial charge in [0.15, 0.2) is 6.30 Å². The minimum atomic E-state index is -1.22. The van der Waals surface area contributed by atoms with E-state index in [4.69, 9.17) is 4.98 Å². The van der Waals surface area contributed by atoms with Crippen molar-refractivity contribution in [2.45, 2.75) is 32.0 Å². The standard InChI is InChI=1S/C29H25F3N4O/c1-17(30)36-27-8-3-2-7-25(27)34-28(36)18-9-11-35(12-10-18)29(37)22-15-26-21(14-24(22)32)23(16-33-26)19-5-4-6-20(31)13-19/h2-8,13-18,33H,9-12H2,1H3. The van der Waals surface area contributed by atoms with E-state index in [-0.39, 0.29) is 23.2 Å². The van der Waals surface area contributed by atoms with E-state index in [9.17, 15) is 13.6 Å². The summed E-state index contributed by atoms with van der Waals surface area (Å²) in [6.45, 7) is 2.34. The number of hydrogen-bond donors (Lipinski definition) is 1. The molecule has 5 nitrogen and oxygen atoms in total. The number of aromatic amines is 1. The van der Waals surface area contributed by atoms with Crippen LogP contribution in [0.25, 0.3) is 33.1 Å². The van der Waals surface area contributed by atoms with Crippen molar-refractivity contribution < 1.29 is 18.0 Å². The average Bonchev–Trinajstić information content (AvgIpc) is 3.49. The maximum Gasteiger partial charge on any atom is 0.256 e. The Hall–Kier alpha value is -4.07. The second kappa shape index (κ2) is 9.10. The lowest BCUT2D eigenvalue weighted by Gasteiger charge is -2.32.